The molecule has 0 aromatic heterocycles. The van der Waals surface area contributed by atoms with Crippen molar-refractivity contribution in [1.29, 1.82) is 0 Å². The topological polar surface area (TPSA) is 66.0 Å². The van der Waals surface area contributed by atoms with E-state index in [9.17, 15) is 4.79 Å². The summed E-state index contributed by atoms with van der Waals surface area (Å²) in [5.74, 6) is 2.04. The average molecular weight is 428 g/mol. The summed E-state index contributed by atoms with van der Waals surface area (Å²) in [5, 5.41) is 3.32. The Bertz CT molecular complexity index is 1040. The molecule has 1 amide bonds. The monoisotopic (exact) mass is 427 g/mol. The molecule has 0 heterocycles. The molecule has 0 aliphatic rings. The van der Waals surface area contributed by atoms with Crippen LogP contribution >= 0.6 is 11.6 Å². The molecule has 0 bridgehead atoms. The number of hydrogen-bond donors (Lipinski definition) is 1. The van der Waals surface area contributed by atoms with Gasteiger partial charge in [0, 0.05) is 16.1 Å². The predicted molar refractivity (Wildman–Crippen MR) is 116 cm³/mol. The van der Waals surface area contributed by atoms with Gasteiger partial charge in [-0.3, -0.25) is 4.79 Å². The predicted octanol–water partition coefficient (Wildman–Crippen LogP) is 5.20. The third-order valence-corrected chi connectivity index (χ3v) is 4.64. The first-order chi connectivity index (χ1) is 14.5. The molecule has 3 rings (SSSR count). The van der Waals surface area contributed by atoms with Crippen molar-refractivity contribution in [3.63, 3.8) is 0 Å². The molecule has 0 atom stereocenters. The Morgan fingerprint density at radius 2 is 1.50 bits per heavy atom. The summed E-state index contributed by atoms with van der Waals surface area (Å²) in [4.78, 5) is 12.8. The Kier molecular flexibility index (Phi) is 7.03. The highest BCUT2D eigenvalue weighted by Crippen LogP contribution is 2.30. The minimum atomic E-state index is -0.309. The lowest BCUT2D eigenvalue weighted by Gasteiger charge is -2.14. The van der Waals surface area contributed by atoms with E-state index in [1.807, 2.05) is 24.3 Å². The zero-order valence-corrected chi connectivity index (χ0v) is 17.7. The molecule has 3 aromatic rings. The third-order valence-electron chi connectivity index (χ3n) is 4.40. The molecule has 156 valence electrons. The summed E-state index contributed by atoms with van der Waals surface area (Å²) < 4.78 is 21.9. The SMILES string of the molecule is COc1ccc(C(=O)Nc2cc(Cl)ccc2OC)cc1COc1ccccc1OC. The van der Waals surface area contributed by atoms with Crippen molar-refractivity contribution in [2.24, 2.45) is 0 Å². The van der Waals surface area contributed by atoms with E-state index in [1.165, 1.54) is 7.11 Å². The van der Waals surface area contributed by atoms with Crippen molar-refractivity contribution >= 4 is 23.2 Å². The Morgan fingerprint density at radius 1 is 0.833 bits per heavy atom. The second-order valence-corrected chi connectivity index (χ2v) is 6.70. The van der Waals surface area contributed by atoms with E-state index in [2.05, 4.69) is 5.32 Å². The minimum Gasteiger partial charge on any atom is -0.496 e. The van der Waals surface area contributed by atoms with Crippen molar-refractivity contribution in [2.75, 3.05) is 26.6 Å². The zero-order valence-electron chi connectivity index (χ0n) is 16.9. The number of amides is 1. The largest absolute Gasteiger partial charge is 0.496 e. The highest BCUT2D eigenvalue weighted by molar-refractivity contribution is 6.31. The second kappa shape index (κ2) is 9.89. The van der Waals surface area contributed by atoms with Crippen LogP contribution in [0.2, 0.25) is 5.02 Å². The van der Waals surface area contributed by atoms with Crippen molar-refractivity contribution < 1.29 is 23.7 Å². The summed E-state index contributed by atoms with van der Waals surface area (Å²) in [6.07, 6.45) is 0. The van der Waals surface area contributed by atoms with Crippen LogP contribution in [0.5, 0.6) is 23.0 Å². The number of rotatable bonds is 8. The van der Waals surface area contributed by atoms with Crippen LogP contribution in [0.3, 0.4) is 0 Å². The fourth-order valence-corrected chi connectivity index (χ4v) is 3.07. The fourth-order valence-electron chi connectivity index (χ4n) is 2.90. The van der Waals surface area contributed by atoms with E-state index >= 15 is 0 Å². The number of carbonyl (C=O) groups excluding carboxylic acids is 1. The number of para-hydroxylation sites is 2. The first kappa shape index (κ1) is 21.3. The van der Waals surface area contributed by atoms with Crippen LogP contribution in [0.25, 0.3) is 0 Å². The summed E-state index contributed by atoms with van der Waals surface area (Å²) in [6.45, 7) is 0.200. The lowest BCUT2D eigenvalue weighted by Crippen LogP contribution is -2.13. The number of benzene rings is 3. The van der Waals surface area contributed by atoms with Crippen LogP contribution < -0.4 is 24.3 Å². The van der Waals surface area contributed by atoms with Gasteiger partial charge in [0.25, 0.3) is 5.91 Å². The highest BCUT2D eigenvalue weighted by atomic mass is 35.5. The maximum atomic E-state index is 12.8. The summed E-state index contributed by atoms with van der Waals surface area (Å²) >= 11 is 6.04. The molecule has 1 N–H and O–H groups in total. The molecule has 30 heavy (non-hydrogen) atoms. The summed E-state index contributed by atoms with van der Waals surface area (Å²) in [7, 11) is 4.68. The van der Waals surface area contributed by atoms with Gasteiger partial charge in [-0.2, -0.15) is 0 Å². The van der Waals surface area contributed by atoms with E-state index in [0.717, 1.165) is 0 Å². The number of methoxy groups -OCH3 is 3. The maximum Gasteiger partial charge on any atom is 0.255 e. The number of carbonyl (C=O) groups is 1. The van der Waals surface area contributed by atoms with E-state index in [4.69, 9.17) is 30.5 Å². The van der Waals surface area contributed by atoms with Gasteiger partial charge in [0.05, 0.1) is 27.0 Å². The van der Waals surface area contributed by atoms with Crippen LogP contribution in [0, 0.1) is 0 Å². The van der Waals surface area contributed by atoms with E-state index in [0.29, 0.717) is 44.8 Å². The fraction of sp³-hybridized carbons (Fsp3) is 0.174. The maximum absolute atomic E-state index is 12.8. The number of hydrogen-bond acceptors (Lipinski definition) is 5. The van der Waals surface area contributed by atoms with Crippen LogP contribution in [0.4, 0.5) is 5.69 Å². The third kappa shape index (κ3) is 4.96. The molecular weight excluding hydrogens is 406 g/mol. The Labute approximate surface area is 180 Å². The van der Waals surface area contributed by atoms with Crippen molar-refractivity contribution in [2.45, 2.75) is 6.61 Å². The number of nitrogens with one attached hydrogen (secondary N) is 1. The Balaban J connectivity index is 1.81. The number of anilines is 1. The van der Waals surface area contributed by atoms with Gasteiger partial charge in [-0.1, -0.05) is 23.7 Å². The Hall–Kier alpha value is -3.38. The van der Waals surface area contributed by atoms with Gasteiger partial charge in [0.1, 0.15) is 18.1 Å². The second-order valence-electron chi connectivity index (χ2n) is 6.26. The van der Waals surface area contributed by atoms with Gasteiger partial charge in [-0.15, -0.1) is 0 Å². The van der Waals surface area contributed by atoms with Gasteiger partial charge < -0.3 is 24.3 Å². The molecule has 0 aliphatic carbocycles. The van der Waals surface area contributed by atoms with E-state index in [-0.39, 0.29) is 12.5 Å². The summed E-state index contributed by atoms with van der Waals surface area (Å²) in [6, 6.07) is 17.5. The first-order valence-corrected chi connectivity index (χ1v) is 9.51. The number of ether oxygens (including phenoxy) is 4. The lowest BCUT2D eigenvalue weighted by atomic mass is 10.1. The molecule has 0 aliphatic heterocycles. The standard InChI is InChI=1S/C23H22ClNO5/c1-27-19-10-8-15(23(26)25-18-13-17(24)9-11-20(18)28-2)12-16(19)14-30-22-7-5-4-6-21(22)29-3/h4-13H,14H2,1-3H3,(H,25,26). The quantitative estimate of drug-likeness (QED) is 0.535. The first-order valence-electron chi connectivity index (χ1n) is 9.13. The molecule has 0 fully saturated rings. The van der Waals surface area contributed by atoms with Gasteiger partial charge in [-0.25, -0.2) is 0 Å². The summed E-state index contributed by atoms with van der Waals surface area (Å²) in [5.41, 5.74) is 1.64. The van der Waals surface area contributed by atoms with Gasteiger partial charge >= 0.3 is 0 Å². The Morgan fingerprint density at radius 3 is 2.20 bits per heavy atom. The molecule has 0 spiro atoms. The zero-order chi connectivity index (χ0) is 21.5. The van der Waals surface area contributed by atoms with Crippen molar-refractivity contribution in [3.8, 4) is 23.0 Å². The van der Waals surface area contributed by atoms with Crippen molar-refractivity contribution in [1.82, 2.24) is 0 Å². The molecule has 7 heteroatoms. The van der Waals surface area contributed by atoms with Gasteiger partial charge in [0.2, 0.25) is 0 Å². The molecule has 3 aromatic carbocycles. The van der Waals surface area contributed by atoms with Gasteiger partial charge in [-0.05, 0) is 48.5 Å². The number of halogens is 1. The normalized spacial score (nSPS) is 10.3. The molecule has 0 radical (unpaired) electrons. The molecular formula is C23H22ClNO5. The minimum absolute atomic E-state index is 0.200. The lowest BCUT2D eigenvalue weighted by molar-refractivity contribution is 0.102. The highest BCUT2D eigenvalue weighted by Gasteiger charge is 2.14. The molecule has 0 saturated heterocycles. The molecule has 6 nitrogen and oxygen atoms in total. The van der Waals surface area contributed by atoms with Crippen LogP contribution in [0.15, 0.2) is 60.7 Å². The van der Waals surface area contributed by atoms with Crippen LogP contribution in [-0.2, 0) is 6.61 Å². The van der Waals surface area contributed by atoms with Crippen LogP contribution in [-0.4, -0.2) is 27.2 Å². The molecule has 0 unspecified atom stereocenters. The van der Waals surface area contributed by atoms with Crippen molar-refractivity contribution in [3.05, 3.63) is 76.8 Å². The van der Waals surface area contributed by atoms with Gasteiger partial charge in [0.15, 0.2) is 11.5 Å². The van der Waals surface area contributed by atoms with E-state index < -0.39 is 0 Å². The molecule has 0 saturated carbocycles. The smallest absolute Gasteiger partial charge is 0.255 e. The average Bonchev–Trinajstić information content (AvgIpc) is 2.77. The van der Waals surface area contributed by atoms with E-state index in [1.54, 1.807) is 50.6 Å². The van der Waals surface area contributed by atoms with Crippen LogP contribution in [0.1, 0.15) is 15.9 Å².